The molecule has 0 saturated heterocycles. The second kappa shape index (κ2) is 9.21. The minimum atomic E-state index is -4.70. The summed E-state index contributed by atoms with van der Waals surface area (Å²) < 4.78 is 55.5. The summed E-state index contributed by atoms with van der Waals surface area (Å²) in [5.41, 5.74) is 0.957. The van der Waals surface area contributed by atoms with Crippen LogP contribution in [0, 0.1) is 0 Å². The van der Waals surface area contributed by atoms with Gasteiger partial charge in [-0.25, -0.2) is 24.3 Å². The summed E-state index contributed by atoms with van der Waals surface area (Å²) in [6.07, 6.45) is -1.29. The second-order valence-electron chi connectivity index (χ2n) is 9.51. The van der Waals surface area contributed by atoms with Crippen LogP contribution >= 0.6 is 0 Å². The van der Waals surface area contributed by atoms with Gasteiger partial charge in [0.1, 0.15) is 24.4 Å². The predicted molar refractivity (Wildman–Crippen MR) is 129 cm³/mol. The standard InChI is InChI=1S/C24H24F4N8O/c1-23(2,12-25)21-30-8-6-18(33-21)36-19-17(20(37)35(36)13-24(26,27)28)11-31-22(34-19)32-16-4-3-14-5-7-29-10-15(14)9-16/h3-4,6,8-9,11,29H,5,7,10,12-13H2,1-2H3,(H,31,32,34). The number of nitrogens with zero attached hydrogens (tertiary/aromatic N) is 6. The van der Waals surface area contributed by atoms with Crippen LogP contribution in [0.5, 0.6) is 0 Å². The Hall–Kier alpha value is -3.87. The molecule has 4 heterocycles. The molecule has 1 aliphatic heterocycles. The molecule has 0 spiro atoms. The molecule has 0 fully saturated rings. The van der Waals surface area contributed by atoms with Gasteiger partial charge in [0.25, 0.3) is 5.56 Å². The number of rotatable bonds is 6. The molecule has 13 heteroatoms. The van der Waals surface area contributed by atoms with E-state index in [1.807, 2.05) is 18.2 Å². The summed E-state index contributed by atoms with van der Waals surface area (Å²) in [5.74, 6) is 0.121. The normalized spacial score (nSPS) is 14.1. The summed E-state index contributed by atoms with van der Waals surface area (Å²) in [4.78, 5) is 29.9. The second-order valence-corrected chi connectivity index (χ2v) is 9.51. The van der Waals surface area contributed by atoms with Gasteiger partial charge < -0.3 is 10.6 Å². The van der Waals surface area contributed by atoms with Gasteiger partial charge in [-0.2, -0.15) is 18.2 Å². The van der Waals surface area contributed by atoms with E-state index in [2.05, 4.69) is 30.6 Å². The number of alkyl halides is 4. The number of benzene rings is 1. The van der Waals surface area contributed by atoms with Crippen LogP contribution in [0.15, 0.2) is 41.5 Å². The van der Waals surface area contributed by atoms with Crippen LogP contribution < -0.4 is 16.2 Å². The van der Waals surface area contributed by atoms with Gasteiger partial charge in [-0.3, -0.25) is 9.18 Å². The van der Waals surface area contributed by atoms with Gasteiger partial charge in [0.2, 0.25) is 5.95 Å². The molecule has 1 aromatic carbocycles. The van der Waals surface area contributed by atoms with Crippen molar-refractivity contribution < 1.29 is 17.6 Å². The molecule has 0 unspecified atom stereocenters. The first-order valence-electron chi connectivity index (χ1n) is 11.6. The minimum Gasteiger partial charge on any atom is -0.324 e. The average molecular weight is 517 g/mol. The van der Waals surface area contributed by atoms with Crippen molar-refractivity contribution in [2.75, 3.05) is 18.5 Å². The van der Waals surface area contributed by atoms with Gasteiger partial charge >= 0.3 is 6.18 Å². The average Bonchev–Trinajstić information content (AvgIpc) is 3.13. The van der Waals surface area contributed by atoms with Crippen molar-refractivity contribution in [3.8, 4) is 5.82 Å². The lowest BCUT2D eigenvalue weighted by molar-refractivity contribution is -0.144. The zero-order valence-corrected chi connectivity index (χ0v) is 20.1. The fraction of sp³-hybridized carbons (Fsp3) is 0.375. The SMILES string of the molecule is CC(C)(CF)c1nccc(-n2c3nc(Nc4ccc5c(c4)CNCC5)ncc3c(=O)n2CC(F)(F)F)n1. The number of hydrogen-bond acceptors (Lipinski definition) is 7. The molecular weight excluding hydrogens is 492 g/mol. The molecular formula is C24H24F4N8O. The van der Waals surface area contributed by atoms with Crippen molar-refractivity contribution in [2.45, 2.75) is 44.9 Å². The van der Waals surface area contributed by atoms with Gasteiger partial charge in [-0.05, 0) is 36.2 Å². The van der Waals surface area contributed by atoms with E-state index in [1.54, 1.807) is 13.8 Å². The molecule has 3 aromatic heterocycles. The molecule has 37 heavy (non-hydrogen) atoms. The van der Waals surface area contributed by atoms with Crippen molar-refractivity contribution in [1.82, 2.24) is 34.6 Å². The lowest BCUT2D eigenvalue weighted by Crippen LogP contribution is -2.31. The predicted octanol–water partition coefficient (Wildman–Crippen LogP) is 3.57. The van der Waals surface area contributed by atoms with Crippen LogP contribution in [0.25, 0.3) is 16.9 Å². The lowest BCUT2D eigenvalue weighted by Gasteiger charge is -2.20. The maximum absolute atomic E-state index is 13.6. The number of aromatic nitrogens is 6. The van der Waals surface area contributed by atoms with E-state index < -0.39 is 30.4 Å². The third-order valence-electron chi connectivity index (χ3n) is 6.15. The number of halogens is 4. The quantitative estimate of drug-likeness (QED) is 0.378. The van der Waals surface area contributed by atoms with Crippen LogP contribution in [0.1, 0.15) is 30.8 Å². The summed E-state index contributed by atoms with van der Waals surface area (Å²) in [6.45, 7) is 2.40. The zero-order chi connectivity index (χ0) is 26.4. The Labute approximate surface area is 208 Å². The van der Waals surface area contributed by atoms with Crippen molar-refractivity contribution in [3.05, 3.63) is 64.0 Å². The van der Waals surface area contributed by atoms with Gasteiger partial charge in [0.05, 0.1) is 5.41 Å². The van der Waals surface area contributed by atoms with Gasteiger partial charge in [-0.15, -0.1) is 0 Å². The number of fused-ring (bicyclic) bond motifs is 2. The molecule has 9 nitrogen and oxygen atoms in total. The van der Waals surface area contributed by atoms with Crippen LogP contribution in [0.3, 0.4) is 0 Å². The first-order chi connectivity index (χ1) is 17.6. The van der Waals surface area contributed by atoms with Crippen LogP contribution in [0.2, 0.25) is 0 Å². The molecule has 0 saturated carbocycles. The smallest absolute Gasteiger partial charge is 0.324 e. The summed E-state index contributed by atoms with van der Waals surface area (Å²) in [5, 5.41) is 6.25. The van der Waals surface area contributed by atoms with Crippen molar-refractivity contribution in [2.24, 2.45) is 0 Å². The Balaban J connectivity index is 1.64. The number of anilines is 2. The molecule has 1 aliphatic rings. The number of hydrogen-bond donors (Lipinski definition) is 2. The third kappa shape index (κ3) is 4.90. The molecule has 0 atom stereocenters. The van der Waals surface area contributed by atoms with E-state index >= 15 is 0 Å². The van der Waals surface area contributed by atoms with Crippen molar-refractivity contribution >= 4 is 22.7 Å². The molecule has 5 rings (SSSR count). The first kappa shape index (κ1) is 24.8. The van der Waals surface area contributed by atoms with Crippen LogP contribution in [-0.2, 0) is 24.9 Å². The van der Waals surface area contributed by atoms with E-state index in [9.17, 15) is 22.4 Å². The third-order valence-corrected chi connectivity index (χ3v) is 6.15. The van der Waals surface area contributed by atoms with E-state index in [4.69, 9.17) is 0 Å². The van der Waals surface area contributed by atoms with E-state index in [-0.39, 0.29) is 28.6 Å². The summed E-state index contributed by atoms with van der Waals surface area (Å²) >= 11 is 0. The highest BCUT2D eigenvalue weighted by Crippen LogP contribution is 2.25. The topological polar surface area (TPSA) is 103 Å². The van der Waals surface area contributed by atoms with Crippen molar-refractivity contribution in [1.29, 1.82) is 0 Å². The minimum absolute atomic E-state index is 0.0487. The zero-order valence-electron chi connectivity index (χ0n) is 20.1. The van der Waals surface area contributed by atoms with Gasteiger partial charge in [-0.1, -0.05) is 19.9 Å². The maximum atomic E-state index is 13.6. The summed E-state index contributed by atoms with van der Waals surface area (Å²) in [7, 11) is 0. The van der Waals surface area contributed by atoms with Gasteiger partial charge in [0, 0.05) is 30.7 Å². The molecule has 4 aromatic rings. The fourth-order valence-electron chi connectivity index (χ4n) is 4.17. The van der Waals surface area contributed by atoms with E-state index in [1.165, 1.54) is 24.0 Å². The highest BCUT2D eigenvalue weighted by molar-refractivity contribution is 5.77. The van der Waals surface area contributed by atoms with Crippen LogP contribution in [0.4, 0.5) is 29.2 Å². The molecule has 0 aliphatic carbocycles. The maximum Gasteiger partial charge on any atom is 0.408 e. The lowest BCUT2D eigenvalue weighted by atomic mass is 9.94. The van der Waals surface area contributed by atoms with Crippen molar-refractivity contribution in [3.63, 3.8) is 0 Å². The molecule has 2 N–H and O–H groups in total. The van der Waals surface area contributed by atoms with Gasteiger partial charge in [0.15, 0.2) is 11.5 Å². The monoisotopic (exact) mass is 516 g/mol. The van der Waals surface area contributed by atoms with E-state index in [0.29, 0.717) is 10.4 Å². The Morgan fingerprint density at radius 1 is 1.11 bits per heavy atom. The molecule has 0 bridgehead atoms. The van der Waals surface area contributed by atoms with E-state index in [0.717, 1.165) is 29.8 Å². The first-order valence-corrected chi connectivity index (χ1v) is 11.6. The number of nitrogens with one attached hydrogen (secondary N) is 2. The largest absolute Gasteiger partial charge is 0.408 e. The molecule has 0 amide bonds. The highest BCUT2D eigenvalue weighted by Gasteiger charge is 2.33. The molecule has 0 radical (unpaired) electrons. The Morgan fingerprint density at radius 3 is 2.68 bits per heavy atom. The highest BCUT2D eigenvalue weighted by atomic mass is 19.4. The summed E-state index contributed by atoms with van der Waals surface area (Å²) in [6, 6.07) is 7.17. The van der Waals surface area contributed by atoms with Crippen LogP contribution in [-0.4, -0.2) is 48.7 Å². The Bertz CT molecular complexity index is 1530. The Kier molecular flexibility index (Phi) is 6.18. The molecule has 194 valence electrons. The fourth-order valence-corrected chi connectivity index (χ4v) is 4.17. The Morgan fingerprint density at radius 2 is 1.92 bits per heavy atom.